The zero-order valence-corrected chi connectivity index (χ0v) is 16.6. The molecule has 0 atom stereocenters. The van der Waals surface area contributed by atoms with E-state index in [1.165, 1.54) is 17.8 Å². The van der Waals surface area contributed by atoms with Crippen LogP contribution >= 0.6 is 11.6 Å². The summed E-state index contributed by atoms with van der Waals surface area (Å²) >= 11 is 5.63. The van der Waals surface area contributed by atoms with Crippen LogP contribution in [0.5, 0.6) is 0 Å². The normalized spacial score (nSPS) is 11.0. The molecule has 0 N–H and O–H groups in total. The first-order valence-corrected chi connectivity index (χ1v) is 9.28. The lowest BCUT2D eigenvalue weighted by molar-refractivity contribution is 0.185. The van der Waals surface area contributed by atoms with Gasteiger partial charge in [-0.15, -0.1) is 0 Å². The van der Waals surface area contributed by atoms with Crippen molar-refractivity contribution in [2.45, 2.75) is 13.5 Å². The van der Waals surface area contributed by atoms with Gasteiger partial charge >= 0.3 is 0 Å². The first kappa shape index (κ1) is 19.2. The number of aromatic nitrogens is 3. The molecule has 7 heteroatoms. The smallest absolute Gasteiger partial charge is 0.258 e. The van der Waals surface area contributed by atoms with E-state index < -0.39 is 5.82 Å². The molecule has 2 aromatic heterocycles. The number of benzene rings is 2. The van der Waals surface area contributed by atoms with E-state index in [9.17, 15) is 4.39 Å². The second kappa shape index (κ2) is 8.11. The Kier molecular flexibility index (Phi) is 5.38. The highest BCUT2D eigenvalue weighted by Gasteiger charge is 2.15. The molecular formula is C22H17ClFN3O2. The number of aryl methyl sites for hydroxylation is 1. The van der Waals surface area contributed by atoms with Gasteiger partial charge < -0.3 is 9.26 Å². The molecular weight excluding hydrogens is 393 g/mol. The quantitative estimate of drug-likeness (QED) is 0.395. The van der Waals surface area contributed by atoms with Gasteiger partial charge in [0.1, 0.15) is 0 Å². The number of hydrogen-bond acceptors (Lipinski definition) is 5. The Labute approximate surface area is 172 Å². The minimum Gasteiger partial charge on any atom is -0.380 e. The van der Waals surface area contributed by atoms with Crippen molar-refractivity contribution < 1.29 is 13.7 Å². The summed E-state index contributed by atoms with van der Waals surface area (Å²) in [4.78, 5) is 8.16. The average Bonchev–Trinajstić information content (AvgIpc) is 3.21. The minimum absolute atomic E-state index is 0.200. The van der Waals surface area contributed by atoms with Crippen molar-refractivity contribution >= 4 is 11.6 Å². The van der Waals surface area contributed by atoms with E-state index >= 15 is 0 Å². The molecule has 0 fully saturated rings. The monoisotopic (exact) mass is 409 g/mol. The van der Waals surface area contributed by atoms with Crippen LogP contribution < -0.4 is 0 Å². The first-order valence-electron chi connectivity index (χ1n) is 8.90. The highest BCUT2D eigenvalue weighted by atomic mass is 35.5. The molecule has 0 aliphatic heterocycles. The molecule has 0 aliphatic rings. The second-order valence-electron chi connectivity index (χ2n) is 6.54. The number of methoxy groups -OCH3 is 1. The molecule has 0 amide bonds. The predicted molar refractivity (Wildman–Crippen MR) is 109 cm³/mol. The van der Waals surface area contributed by atoms with Crippen LogP contribution in [-0.2, 0) is 11.3 Å². The molecule has 4 rings (SSSR count). The summed E-state index contributed by atoms with van der Waals surface area (Å²) < 4.78 is 24.5. The Morgan fingerprint density at radius 1 is 1.07 bits per heavy atom. The topological polar surface area (TPSA) is 61.0 Å². The van der Waals surface area contributed by atoms with E-state index in [-0.39, 0.29) is 11.0 Å². The molecule has 146 valence electrons. The molecule has 2 aromatic carbocycles. The summed E-state index contributed by atoms with van der Waals surface area (Å²) in [6, 6.07) is 15.3. The van der Waals surface area contributed by atoms with E-state index in [1.807, 2.05) is 30.3 Å². The lowest BCUT2D eigenvalue weighted by Crippen LogP contribution is -1.95. The minimum atomic E-state index is -0.638. The van der Waals surface area contributed by atoms with Crippen LogP contribution in [0, 0.1) is 12.7 Å². The SMILES string of the molecule is COCc1cc(-c2nc(-c3cnc(Cl)c(F)c3)no2)ccc1-c1ccccc1C. The molecule has 4 aromatic rings. The van der Waals surface area contributed by atoms with Crippen LogP contribution in [-0.4, -0.2) is 22.2 Å². The molecule has 0 saturated heterocycles. The van der Waals surface area contributed by atoms with Crippen molar-refractivity contribution in [3.05, 3.63) is 76.8 Å². The highest BCUT2D eigenvalue weighted by molar-refractivity contribution is 6.29. The van der Waals surface area contributed by atoms with Gasteiger partial charge in [0.2, 0.25) is 5.82 Å². The fraction of sp³-hybridized carbons (Fsp3) is 0.136. The van der Waals surface area contributed by atoms with Gasteiger partial charge in [-0.05, 0) is 47.4 Å². The molecule has 0 radical (unpaired) electrons. The molecule has 0 spiro atoms. The molecule has 2 heterocycles. The maximum atomic E-state index is 13.7. The average molecular weight is 410 g/mol. The van der Waals surface area contributed by atoms with Gasteiger partial charge in [-0.2, -0.15) is 4.98 Å². The fourth-order valence-electron chi connectivity index (χ4n) is 3.14. The number of halogens is 2. The van der Waals surface area contributed by atoms with Crippen molar-refractivity contribution in [3.8, 4) is 34.0 Å². The summed E-state index contributed by atoms with van der Waals surface area (Å²) in [5, 5.41) is 3.74. The highest BCUT2D eigenvalue weighted by Crippen LogP contribution is 2.31. The summed E-state index contributed by atoms with van der Waals surface area (Å²) in [6.07, 6.45) is 1.40. The van der Waals surface area contributed by atoms with Crippen molar-refractivity contribution in [2.24, 2.45) is 0 Å². The van der Waals surface area contributed by atoms with Crippen LogP contribution in [0.15, 0.2) is 59.3 Å². The maximum Gasteiger partial charge on any atom is 0.258 e. The van der Waals surface area contributed by atoms with Crippen molar-refractivity contribution in [3.63, 3.8) is 0 Å². The molecule has 29 heavy (non-hydrogen) atoms. The number of rotatable bonds is 5. The largest absolute Gasteiger partial charge is 0.380 e. The Morgan fingerprint density at radius 2 is 1.90 bits per heavy atom. The van der Waals surface area contributed by atoms with Gasteiger partial charge in [0.15, 0.2) is 11.0 Å². The molecule has 0 unspecified atom stereocenters. The Morgan fingerprint density at radius 3 is 2.66 bits per heavy atom. The zero-order valence-electron chi connectivity index (χ0n) is 15.8. The van der Waals surface area contributed by atoms with Gasteiger partial charge in [-0.1, -0.05) is 47.1 Å². The van der Waals surface area contributed by atoms with Crippen LogP contribution in [0.3, 0.4) is 0 Å². The first-order chi connectivity index (χ1) is 14.1. The second-order valence-corrected chi connectivity index (χ2v) is 6.90. The number of nitrogens with zero attached hydrogens (tertiary/aromatic N) is 3. The van der Waals surface area contributed by atoms with Gasteiger partial charge in [0.25, 0.3) is 5.89 Å². The van der Waals surface area contributed by atoms with Crippen molar-refractivity contribution in [1.29, 1.82) is 0 Å². The van der Waals surface area contributed by atoms with E-state index in [4.69, 9.17) is 20.9 Å². The van der Waals surface area contributed by atoms with E-state index in [0.29, 0.717) is 18.1 Å². The van der Waals surface area contributed by atoms with Gasteiger partial charge in [-0.3, -0.25) is 0 Å². The fourth-order valence-corrected chi connectivity index (χ4v) is 3.24. The number of hydrogen-bond donors (Lipinski definition) is 0. The summed E-state index contributed by atoms with van der Waals surface area (Å²) in [6.45, 7) is 2.51. The number of ether oxygens (including phenoxy) is 1. The lowest BCUT2D eigenvalue weighted by atomic mass is 9.94. The van der Waals surface area contributed by atoms with Crippen molar-refractivity contribution in [1.82, 2.24) is 15.1 Å². The standard InChI is InChI=1S/C22H17ClFN3O2/c1-13-5-3-4-6-17(13)18-8-7-14(9-16(18)12-28-2)22-26-21(27-29-22)15-10-19(24)20(23)25-11-15/h3-11H,12H2,1-2H3. The van der Waals surface area contributed by atoms with Crippen LogP contribution in [0.1, 0.15) is 11.1 Å². The Hall–Kier alpha value is -3.09. The van der Waals surface area contributed by atoms with Crippen LogP contribution in [0.4, 0.5) is 4.39 Å². The van der Waals surface area contributed by atoms with Gasteiger partial charge in [0.05, 0.1) is 6.61 Å². The van der Waals surface area contributed by atoms with Gasteiger partial charge in [-0.25, -0.2) is 9.37 Å². The summed E-state index contributed by atoms with van der Waals surface area (Å²) in [5.74, 6) is -0.0798. The third kappa shape index (κ3) is 3.90. The molecule has 0 bridgehead atoms. The molecule has 0 aliphatic carbocycles. The van der Waals surface area contributed by atoms with Gasteiger partial charge in [0, 0.05) is 24.4 Å². The third-order valence-corrected chi connectivity index (χ3v) is 4.85. The van der Waals surface area contributed by atoms with Crippen LogP contribution in [0.25, 0.3) is 34.0 Å². The Balaban J connectivity index is 1.73. The van der Waals surface area contributed by atoms with E-state index in [2.05, 4.69) is 34.2 Å². The summed E-state index contributed by atoms with van der Waals surface area (Å²) in [5.41, 5.74) is 5.52. The van der Waals surface area contributed by atoms with E-state index in [0.717, 1.165) is 22.3 Å². The van der Waals surface area contributed by atoms with E-state index in [1.54, 1.807) is 7.11 Å². The lowest BCUT2D eigenvalue weighted by Gasteiger charge is -2.12. The molecule has 5 nitrogen and oxygen atoms in total. The molecule has 0 saturated carbocycles. The van der Waals surface area contributed by atoms with Crippen LogP contribution in [0.2, 0.25) is 5.15 Å². The number of pyridine rings is 1. The zero-order chi connectivity index (χ0) is 20.4. The predicted octanol–water partition coefficient (Wildman–Crippen LogP) is 5.71. The third-order valence-electron chi connectivity index (χ3n) is 4.57. The Bertz CT molecular complexity index is 1180. The van der Waals surface area contributed by atoms with Crippen molar-refractivity contribution in [2.75, 3.05) is 7.11 Å². The summed E-state index contributed by atoms with van der Waals surface area (Å²) in [7, 11) is 1.65. The maximum absolute atomic E-state index is 13.7.